The third kappa shape index (κ3) is 1.25. The van der Waals surface area contributed by atoms with E-state index in [1.165, 1.54) is 12.8 Å². The molecule has 4 heteroatoms. The van der Waals surface area contributed by atoms with Gasteiger partial charge in [-0.3, -0.25) is 4.79 Å². The lowest BCUT2D eigenvalue weighted by Gasteiger charge is -2.03. The van der Waals surface area contributed by atoms with Crippen molar-refractivity contribution in [3.8, 4) is 0 Å². The molecule has 4 nitrogen and oxygen atoms in total. The highest BCUT2D eigenvalue weighted by molar-refractivity contribution is 5.05. The first-order chi connectivity index (χ1) is 5.81. The van der Waals surface area contributed by atoms with Gasteiger partial charge in [-0.15, -0.1) is 0 Å². The summed E-state index contributed by atoms with van der Waals surface area (Å²) >= 11 is 0. The third-order valence-electron chi connectivity index (χ3n) is 2.08. The number of aromatic nitrogens is 2. The first-order valence-corrected chi connectivity index (χ1v) is 4.08. The van der Waals surface area contributed by atoms with Crippen molar-refractivity contribution in [2.75, 3.05) is 0 Å². The summed E-state index contributed by atoms with van der Waals surface area (Å²) in [7, 11) is 0. The van der Waals surface area contributed by atoms with Crippen LogP contribution < -0.4 is 11.3 Å². The van der Waals surface area contributed by atoms with Gasteiger partial charge in [0.25, 0.3) is 5.56 Å². The second-order valence-corrected chi connectivity index (χ2v) is 3.09. The van der Waals surface area contributed by atoms with Crippen LogP contribution in [-0.4, -0.2) is 9.55 Å². The smallest absolute Gasteiger partial charge is 0.277 e. The molecule has 1 heterocycles. The Bertz CT molecular complexity index is 340. The summed E-state index contributed by atoms with van der Waals surface area (Å²) in [6, 6.07) is 0.559. The highest BCUT2D eigenvalue weighted by Gasteiger charge is 2.22. The van der Waals surface area contributed by atoms with E-state index in [0.29, 0.717) is 11.6 Å². The van der Waals surface area contributed by atoms with E-state index in [-0.39, 0.29) is 12.1 Å². The fraction of sp³-hybridized carbons (Fsp3) is 0.500. The molecule has 0 saturated heterocycles. The molecular formula is C8H11N3O. The van der Waals surface area contributed by atoms with E-state index in [0.717, 1.165) is 0 Å². The molecule has 0 aromatic carbocycles. The monoisotopic (exact) mass is 165 g/mol. The SMILES string of the molecule is NCc1cn(C2CC2)cnc1=O. The minimum Gasteiger partial charge on any atom is -0.335 e. The Hall–Kier alpha value is -1.16. The van der Waals surface area contributed by atoms with Gasteiger partial charge in [-0.25, -0.2) is 0 Å². The van der Waals surface area contributed by atoms with Crippen molar-refractivity contribution in [1.82, 2.24) is 9.55 Å². The average molecular weight is 165 g/mol. The second-order valence-electron chi connectivity index (χ2n) is 3.09. The van der Waals surface area contributed by atoms with Crippen molar-refractivity contribution in [3.05, 3.63) is 28.4 Å². The number of hydrogen-bond acceptors (Lipinski definition) is 3. The van der Waals surface area contributed by atoms with Crippen LogP contribution in [0.15, 0.2) is 17.3 Å². The summed E-state index contributed by atoms with van der Waals surface area (Å²) in [4.78, 5) is 14.8. The molecule has 0 unspecified atom stereocenters. The maximum atomic E-state index is 11.0. The standard InChI is InChI=1S/C8H11N3O/c9-3-6-4-11(7-1-2-7)5-10-8(6)12/h4-5,7H,1-3,9H2. The lowest BCUT2D eigenvalue weighted by atomic mass is 10.3. The molecule has 1 saturated carbocycles. The molecule has 0 bridgehead atoms. The van der Waals surface area contributed by atoms with Gasteiger partial charge in [-0.1, -0.05) is 0 Å². The lowest BCUT2D eigenvalue weighted by molar-refractivity contribution is 0.698. The maximum absolute atomic E-state index is 11.0. The van der Waals surface area contributed by atoms with Crippen molar-refractivity contribution in [3.63, 3.8) is 0 Å². The average Bonchev–Trinajstić information content (AvgIpc) is 2.88. The zero-order valence-electron chi connectivity index (χ0n) is 6.73. The summed E-state index contributed by atoms with van der Waals surface area (Å²) in [6.45, 7) is 0.277. The van der Waals surface area contributed by atoms with Gasteiger partial charge in [-0.05, 0) is 12.8 Å². The lowest BCUT2D eigenvalue weighted by Crippen LogP contribution is -2.18. The molecule has 0 spiro atoms. The molecule has 1 aromatic heterocycles. The van der Waals surface area contributed by atoms with Gasteiger partial charge in [0, 0.05) is 24.3 Å². The first kappa shape index (κ1) is 7.49. The van der Waals surface area contributed by atoms with Crippen LogP contribution in [0.3, 0.4) is 0 Å². The van der Waals surface area contributed by atoms with Gasteiger partial charge in [-0.2, -0.15) is 4.98 Å². The van der Waals surface area contributed by atoms with Crippen LogP contribution in [0.2, 0.25) is 0 Å². The van der Waals surface area contributed by atoms with E-state index < -0.39 is 0 Å². The van der Waals surface area contributed by atoms with Crippen molar-refractivity contribution < 1.29 is 0 Å². The predicted octanol–water partition coefficient (Wildman–Crippen LogP) is 0.0369. The summed E-state index contributed by atoms with van der Waals surface area (Å²) < 4.78 is 1.98. The van der Waals surface area contributed by atoms with Gasteiger partial charge in [0.2, 0.25) is 0 Å². The van der Waals surface area contributed by atoms with Crippen LogP contribution in [0.5, 0.6) is 0 Å². The third-order valence-corrected chi connectivity index (χ3v) is 2.08. The first-order valence-electron chi connectivity index (χ1n) is 4.08. The normalized spacial score (nSPS) is 16.4. The Morgan fingerprint density at radius 3 is 3.00 bits per heavy atom. The zero-order chi connectivity index (χ0) is 8.55. The number of nitrogens with zero attached hydrogens (tertiary/aromatic N) is 2. The zero-order valence-corrected chi connectivity index (χ0v) is 6.73. The van der Waals surface area contributed by atoms with Crippen molar-refractivity contribution in [1.29, 1.82) is 0 Å². The van der Waals surface area contributed by atoms with Crippen molar-refractivity contribution in [2.45, 2.75) is 25.4 Å². The van der Waals surface area contributed by atoms with E-state index >= 15 is 0 Å². The Morgan fingerprint density at radius 2 is 2.42 bits per heavy atom. The Labute approximate surface area is 70.0 Å². The molecule has 64 valence electrons. The maximum Gasteiger partial charge on any atom is 0.277 e. The topological polar surface area (TPSA) is 60.9 Å². The minimum atomic E-state index is -0.200. The highest BCUT2D eigenvalue weighted by atomic mass is 16.1. The molecule has 0 atom stereocenters. The predicted molar refractivity (Wildman–Crippen MR) is 44.7 cm³/mol. The number of nitrogens with two attached hydrogens (primary N) is 1. The minimum absolute atomic E-state index is 0.200. The van der Waals surface area contributed by atoms with Gasteiger partial charge in [0.15, 0.2) is 0 Å². The molecule has 1 aliphatic rings. The molecule has 12 heavy (non-hydrogen) atoms. The quantitative estimate of drug-likeness (QED) is 0.673. The fourth-order valence-corrected chi connectivity index (χ4v) is 1.18. The molecule has 2 rings (SSSR count). The van der Waals surface area contributed by atoms with E-state index in [1.807, 2.05) is 10.8 Å². The van der Waals surface area contributed by atoms with E-state index in [9.17, 15) is 4.79 Å². The van der Waals surface area contributed by atoms with Crippen LogP contribution in [0.25, 0.3) is 0 Å². The molecule has 1 fully saturated rings. The van der Waals surface area contributed by atoms with Gasteiger partial charge < -0.3 is 10.3 Å². The Morgan fingerprint density at radius 1 is 1.67 bits per heavy atom. The van der Waals surface area contributed by atoms with Crippen LogP contribution in [0, 0.1) is 0 Å². The fourth-order valence-electron chi connectivity index (χ4n) is 1.18. The molecule has 1 aliphatic carbocycles. The van der Waals surface area contributed by atoms with Gasteiger partial charge >= 0.3 is 0 Å². The molecule has 0 radical (unpaired) electrons. The number of hydrogen-bond donors (Lipinski definition) is 1. The summed E-state index contributed by atoms with van der Waals surface area (Å²) in [5.41, 5.74) is 5.79. The van der Waals surface area contributed by atoms with Crippen LogP contribution in [0.4, 0.5) is 0 Å². The van der Waals surface area contributed by atoms with E-state index in [2.05, 4.69) is 4.98 Å². The second kappa shape index (κ2) is 2.71. The Balaban J connectivity index is 2.40. The van der Waals surface area contributed by atoms with Gasteiger partial charge in [0.1, 0.15) is 0 Å². The molecule has 2 N–H and O–H groups in total. The number of rotatable bonds is 2. The van der Waals surface area contributed by atoms with Gasteiger partial charge in [0.05, 0.1) is 6.33 Å². The van der Waals surface area contributed by atoms with Crippen molar-refractivity contribution >= 4 is 0 Å². The van der Waals surface area contributed by atoms with Crippen LogP contribution in [-0.2, 0) is 6.54 Å². The van der Waals surface area contributed by atoms with E-state index in [1.54, 1.807) is 6.33 Å². The summed E-state index contributed by atoms with van der Waals surface area (Å²) in [6.07, 6.45) is 5.79. The van der Waals surface area contributed by atoms with E-state index in [4.69, 9.17) is 5.73 Å². The molecule has 0 amide bonds. The Kier molecular flexibility index (Phi) is 1.69. The molecule has 0 aliphatic heterocycles. The summed E-state index contributed by atoms with van der Waals surface area (Å²) in [5.74, 6) is 0. The summed E-state index contributed by atoms with van der Waals surface area (Å²) in [5, 5.41) is 0. The highest BCUT2D eigenvalue weighted by Crippen LogP contribution is 2.33. The van der Waals surface area contributed by atoms with Crippen LogP contribution in [0.1, 0.15) is 24.4 Å². The van der Waals surface area contributed by atoms with Crippen LogP contribution >= 0.6 is 0 Å². The molecular weight excluding hydrogens is 154 g/mol. The molecule has 1 aromatic rings. The van der Waals surface area contributed by atoms with Crippen molar-refractivity contribution in [2.24, 2.45) is 5.73 Å². The largest absolute Gasteiger partial charge is 0.335 e.